The molecule has 0 bridgehead atoms. The second-order valence-corrected chi connectivity index (χ2v) is 4.73. The highest BCUT2D eigenvalue weighted by molar-refractivity contribution is 5.34. The maximum absolute atomic E-state index is 11.4. The van der Waals surface area contributed by atoms with Crippen LogP contribution in [0.1, 0.15) is 46.4 Å². The monoisotopic (exact) mass is 237 g/mol. The summed E-state index contributed by atoms with van der Waals surface area (Å²) in [7, 11) is 0. The summed E-state index contributed by atoms with van der Waals surface area (Å²) in [5.74, 6) is 2.10. The number of rotatable bonds is 6. The summed E-state index contributed by atoms with van der Waals surface area (Å²) < 4.78 is 0. The number of hydrogen-bond acceptors (Lipinski definition) is 3. The first-order valence-electron chi connectivity index (χ1n) is 6.41. The van der Waals surface area contributed by atoms with Gasteiger partial charge in [0, 0.05) is 18.5 Å². The zero-order chi connectivity index (χ0) is 12.8. The van der Waals surface area contributed by atoms with Gasteiger partial charge in [0.1, 0.15) is 11.6 Å². The number of aromatic amines is 1. The highest BCUT2D eigenvalue weighted by Crippen LogP contribution is 2.12. The number of aromatic nitrogens is 2. The van der Waals surface area contributed by atoms with Crippen LogP contribution < -0.4 is 10.9 Å². The summed E-state index contributed by atoms with van der Waals surface area (Å²) in [6, 6.07) is 1.86. The number of aryl methyl sites for hydroxylation is 1. The van der Waals surface area contributed by atoms with Gasteiger partial charge in [0.15, 0.2) is 0 Å². The number of nitrogens with one attached hydrogen (secondary N) is 2. The molecule has 0 amide bonds. The van der Waals surface area contributed by atoms with Crippen molar-refractivity contribution in [2.75, 3.05) is 5.32 Å². The SMILES string of the molecule is CCc1nc(NC(C)CC(C)CC)cc(=O)[nH]1. The predicted molar refractivity (Wildman–Crippen MR) is 71.4 cm³/mol. The van der Waals surface area contributed by atoms with Gasteiger partial charge in [-0.3, -0.25) is 4.79 Å². The van der Waals surface area contributed by atoms with Crippen LogP contribution in [0.2, 0.25) is 0 Å². The quantitative estimate of drug-likeness (QED) is 0.799. The number of nitrogens with zero attached hydrogens (tertiary/aromatic N) is 1. The Morgan fingerprint density at radius 3 is 2.71 bits per heavy atom. The van der Waals surface area contributed by atoms with E-state index < -0.39 is 0 Å². The third-order valence-corrected chi connectivity index (χ3v) is 2.97. The van der Waals surface area contributed by atoms with Crippen LogP contribution >= 0.6 is 0 Å². The van der Waals surface area contributed by atoms with Gasteiger partial charge in [-0.05, 0) is 19.3 Å². The van der Waals surface area contributed by atoms with Gasteiger partial charge in [0.25, 0.3) is 5.56 Å². The maximum Gasteiger partial charge on any atom is 0.252 e. The molecule has 4 heteroatoms. The molecular weight excluding hydrogens is 214 g/mol. The Hall–Kier alpha value is -1.32. The molecule has 96 valence electrons. The standard InChI is InChI=1S/C13H23N3O/c1-5-9(3)7-10(4)14-12-8-13(17)16-11(6-2)15-12/h8-10H,5-7H2,1-4H3,(H2,14,15,16,17). The van der Waals surface area contributed by atoms with Gasteiger partial charge in [-0.15, -0.1) is 0 Å². The summed E-state index contributed by atoms with van der Waals surface area (Å²) in [6.45, 7) is 8.53. The number of H-pyrrole nitrogens is 1. The van der Waals surface area contributed by atoms with E-state index in [9.17, 15) is 4.79 Å². The highest BCUT2D eigenvalue weighted by atomic mass is 16.1. The molecule has 17 heavy (non-hydrogen) atoms. The largest absolute Gasteiger partial charge is 0.367 e. The Balaban J connectivity index is 2.67. The van der Waals surface area contributed by atoms with Crippen molar-refractivity contribution in [3.05, 3.63) is 22.2 Å². The Kier molecular flexibility index (Phi) is 5.19. The van der Waals surface area contributed by atoms with Gasteiger partial charge in [-0.25, -0.2) is 4.98 Å². The lowest BCUT2D eigenvalue weighted by Crippen LogP contribution is -2.21. The molecule has 0 aliphatic heterocycles. The van der Waals surface area contributed by atoms with Crippen molar-refractivity contribution in [3.63, 3.8) is 0 Å². The average molecular weight is 237 g/mol. The minimum atomic E-state index is -0.0879. The van der Waals surface area contributed by atoms with Crippen LogP contribution in [0.15, 0.2) is 10.9 Å². The zero-order valence-electron chi connectivity index (χ0n) is 11.2. The molecule has 1 aromatic rings. The van der Waals surface area contributed by atoms with E-state index in [1.54, 1.807) is 0 Å². The van der Waals surface area contributed by atoms with Crippen LogP contribution in [0.5, 0.6) is 0 Å². The normalized spacial score (nSPS) is 14.4. The Bertz CT molecular complexity index is 400. The molecule has 0 aromatic carbocycles. The van der Waals surface area contributed by atoms with Gasteiger partial charge < -0.3 is 10.3 Å². The fourth-order valence-corrected chi connectivity index (χ4v) is 1.83. The summed E-state index contributed by atoms with van der Waals surface area (Å²) in [6.07, 6.45) is 3.01. The van der Waals surface area contributed by atoms with E-state index in [1.807, 2.05) is 6.92 Å². The molecule has 0 aliphatic carbocycles. The van der Waals surface area contributed by atoms with E-state index in [2.05, 4.69) is 36.1 Å². The summed E-state index contributed by atoms with van der Waals surface area (Å²) in [4.78, 5) is 18.5. The molecule has 1 rings (SSSR count). The van der Waals surface area contributed by atoms with Crippen LogP contribution in [0.3, 0.4) is 0 Å². The Morgan fingerprint density at radius 1 is 1.41 bits per heavy atom. The van der Waals surface area contributed by atoms with Crippen molar-refractivity contribution in [2.45, 2.75) is 53.0 Å². The molecule has 2 N–H and O–H groups in total. The predicted octanol–water partition coefficient (Wildman–Crippen LogP) is 2.57. The van der Waals surface area contributed by atoms with Crippen molar-refractivity contribution in [3.8, 4) is 0 Å². The zero-order valence-corrected chi connectivity index (χ0v) is 11.2. The third-order valence-electron chi connectivity index (χ3n) is 2.97. The van der Waals surface area contributed by atoms with Crippen LogP contribution in [0, 0.1) is 5.92 Å². The molecule has 1 heterocycles. The summed E-state index contributed by atoms with van der Waals surface area (Å²) in [5, 5.41) is 3.29. The third kappa shape index (κ3) is 4.59. The molecule has 0 radical (unpaired) electrons. The molecule has 0 saturated carbocycles. The first-order chi connectivity index (χ1) is 8.05. The fraction of sp³-hybridized carbons (Fsp3) is 0.692. The van der Waals surface area contributed by atoms with Gasteiger partial charge in [-0.1, -0.05) is 27.2 Å². The van der Waals surface area contributed by atoms with Gasteiger partial charge in [-0.2, -0.15) is 0 Å². The van der Waals surface area contributed by atoms with Crippen molar-refractivity contribution in [1.29, 1.82) is 0 Å². The molecule has 0 fully saturated rings. The van der Waals surface area contributed by atoms with E-state index >= 15 is 0 Å². The second kappa shape index (κ2) is 6.42. The second-order valence-electron chi connectivity index (χ2n) is 4.73. The molecule has 0 saturated heterocycles. The van der Waals surface area contributed by atoms with Crippen LogP contribution in [0.25, 0.3) is 0 Å². The van der Waals surface area contributed by atoms with Crippen LogP contribution in [-0.2, 0) is 6.42 Å². The molecule has 2 atom stereocenters. The van der Waals surface area contributed by atoms with Crippen LogP contribution in [0.4, 0.5) is 5.82 Å². The van der Waals surface area contributed by atoms with Gasteiger partial charge in [0.2, 0.25) is 0 Å². The van der Waals surface area contributed by atoms with Crippen molar-refractivity contribution >= 4 is 5.82 Å². The van der Waals surface area contributed by atoms with E-state index in [4.69, 9.17) is 0 Å². The molecule has 0 aliphatic rings. The van der Waals surface area contributed by atoms with Gasteiger partial charge in [0.05, 0.1) is 0 Å². The Labute approximate surface area is 103 Å². The first kappa shape index (κ1) is 13.7. The molecule has 1 aromatic heterocycles. The summed E-state index contributed by atoms with van der Waals surface area (Å²) in [5.41, 5.74) is -0.0879. The number of anilines is 1. The molecule has 4 nitrogen and oxygen atoms in total. The summed E-state index contributed by atoms with van der Waals surface area (Å²) >= 11 is 0. The van der Waals surface area contributed by atoms with Crippen molar-refractivity contribution in [1.82, 2.24) is 9.97 Å². The van der Waals surface area contributed by atoms with Crippen molar-refractivity contribution in [2.24, 2.45) is 5.92 Å². The molecule has 2 unspecified atom stereocenters. The van der Waals surface area contributed by atoms with Gasteiger partial charge >= 0.3 is 0 Å². The lowest BCUT2D eigenvalue weighted by atomic mass is 10.0. The smallest absolute Gasteiger partial charge is 0.252 e. The van der Waals surface area contributed by atoms with E-state index in [0.717, 1.165) is 18.7 Å². The van der Waals surface area contributed by atoms with E-state index in [-0.39, 0.29) is 5.56 Å². The van der Waals surface area contributed by atoms with E-state index in [1.165, 1.54) is 12.5 Å². The van der Waals surface area contributed by atoms with Crippen LogP contribution in [-0.4, -0.2) is 16.0 Å². The van der Waals surface area contributed by atoms with E-state index in [0.29, 0.717) is 17.8 Å². The maximum atomic E-state index is 11.4. The average Bonchev–Trinajstić information content (AvgIpc) is 2.27. The Morgan fingerprint density at radius 2 is 2.12 bits per heavy atom. The fourth-order valence-electron chi connectivity index (χ4n) is 1.83. The molecular formula is C13H23N3O. The topological polar surface area (TPSA) is 57.8 Å². The first-order valence-corrected chi connectivity index (χ1v) is 6.41. The minimum Gasteiger partial charge on any atom is -0.367 e. The highest BCUT2D eigenvalue weighted by Gasteiger charge is 2.08. The number of hydrogen-bond donors (Lipinski definition) is 2. The molecule has 0 spiro atoms. The minimum absolute atomic E-state index is 0.0879. The lowest BCUT2D eigenvalue weighted by molar-refractivity contribution is 0.483. The van der Waals surface area contributed by atoms with Crippen molar-refractivity contribution < 1.29 is 0 Å². The lowest BCUT2D eigenvalue weighted by Gasteiger charge is -2.18.